The van der Waals surface area contributed by atoms with Crippen molar-refractivity contribution >= 4 is 48.1 Å². The third-order valence-electron chi connectivity index (χ3n) is 3.99. The molecule has 0 spiro atoms. The summed E-state index contributed by atoms with van der Waals surface area (Å²) >= 11 is 0. The Balaban J connectivity index is 2.26. The minimum Gasteiger partial charge on any atom is -0.744 e. The van der Waals surface area contributed by atoms with Gasteiger partial charge in [0, 0.05) is 12.1 Å². The number of phenols is 2. The van der Waals surface area contributed by atoms with Gasteiger partial charge in [-0.2, -0.15) is 5.11 Å². The van der Waals surface area contributed by atoms with E-state index < -0.39 is 62.9 Å². The maximum absolute atomic E-state index is 11.7. The molecule has 31 heavy (non-hydrogen) atoms. The molecule has 0 atom stereocenters. The molecule has 0 fully saturated rings. The summed E-state index contributed by atoms with van der Waals surface area (Å²) in [6.45, 7) is 0. The maximum Gasteiger partial charge on any atom is 0.269 e. The lowest BCUT2D eigenvalue weighted by Crippen LogP contribution is -2.01. The van der Waals surface area contributed by atoms with E-state index in [4.69, 9.17) is 0 Å². The monoisotopic (exact) mass is 467 g/mol. The molecule has 162 valence electrons. The first-order chi connectivity index (χ1) is 14.3. The Morgan fingerprint density at radius 2 is 1.48 bits per heavy atom. The van der Waals surface area contributed by atoms with Gasteiger partial charge in [0.15, 0.2) is 5.75 Å². The number of hydrogen-bond donors (Lipinski definition) is 2. The summed E-state index contributed by atoms with van der Waals surface area (Å²) in [7, 11) is -10.3. The third-order valence-corrected chi connectivity index (χ3v) is 5.65. The van der Waals surface area contributed by atoms with Crippen molar-refractivity contribution in [2.75, 3.05) is 0 Å². The second-order valence-corrected chi connectivity index (χ2v) is 8.72. The molecular formula is C16H9N3O10S2-2. The molecule has 2 N–H and O–H groups in total. The summed E-state index contributed by atoms with van der Waals surface area (Å²) in [5.74, 6) is -1.92. The molecule has 0 aromatic heterocycles. The van der Waals surface area contributed by atoms with Crippen LogP contribution in [0.5, 0.6) is 11.5 Å². The summed E-state index contributed by atoms with van der Waals surface area (Å²) in [4.78, 5) is 7.97. The summed E-state index contributed by atoms with van der Waals surface area (Å²) in [6.07, 6.45) is 0. The topological polar surface area (TPSA) is 223 Å². The molecule has 0 aliphatic carbocycles. The van der Waals surface area contributed by atoms with Crippen LogP contribution < -0.4 is 0 Å². The number of nitrogens with zero attached hydrogens (tertiary/aromatic N) is 3. The SMILES string of the molecule is O=[N+]([O-])c1ccc(N=Nc2c(S(=O)(=O)[O-])cc3cc(S(=O)(=O)[O-])cc(O)c3c2O)cc1. The molecular weight excluding hydrogens is 458 g/mol. The minimum absolute atomic E-state index is 0.00337. The zero-order chi connectivity index (χ0) is 23.1. The smallest absolute Gasteiger partial charge is 0.269 e. The molecule has 3 rings (SSSR count). The van der Waals surface area contributed by atoms with Crippen molar-refractivity contribution in [3.05, 3.63) is 52.6 Å². The van der Waals surface area contributed by atoms with Gasteiger partial charge in [-0.05, 0) is 35.7 Å². The van der Waals surface area contributed by atoms with Crippen LogP contribution in [0.2, 0.25) is 0 Å². The Labute approximate surface area is 173 Å². The fourth-order valence-electron chi connectivity index (χ4n) is 2.62. The van der Waals surface area contributed by atoms with E-state index in [9.17, 15) is 46.3 Å². The zero-order valence-corrected chi connectivity index (χ0v) is 16.5. The van der Waals surface area contributed by atoms with E-state index in [1.54, 1.807) is 0 Å². The van der Waals surface area contributed by atoms with Crippen LogP contribution in [0.15, 0.2) is 62.5 Å². The largest absolute Gasteiger partial charge is 0.744 e. The van der Waals surface area contributed by atoms with Gasteiger partial charge < -0.3 is 19.3 Å². The number of hydrogen-bond acceptors (Lipinski definition) is 12. The van der Waals surface area contributed by atoms with Crippen LogP contribution in [-0.4, -0.2) is 41.1 Å². The highest BCUT2D eigenvalue weighted by atomic mass is 32.2. The van der Waals surface area contributed by atoms with E-state index in [0.717, 1.165) is 24.3 Å². The standard InChI is InChI=1S/C16H11N3O10S2/c20-12-7-11(30(24,25)26)5-8-6-13(31(27,28)29)15(16(21)14(8)12)18-17-9-1-3-10(4-2-9)19(22)23/h1-7,20-21H,(H,24,25,26)(H,27,28,29)/p-2. The number of phenolic OH excluding ortho intramolecular Hbond substituents is 2. The number of rotatable bonds is 5. The van der Waals surface area contributed by atoms with Crippen LogP contribution in [0.1, 0.15) is 0 Å². The second-order valence-electron chi connectivity index (χ2n) is 5.99. The molecule has 0 aliphatic rings. The fourth-order valence-corrected chi connectivity index (χ4v) is 3.79. The summed E-state index contributed by atoms with van der Waals surface area (Å²) < 4.78 is 68.6. The molecule has 0 saturated carbocycles. The molecule has 3 aromatic carbocycles. The predicted octanol–water partition coefficient (Wildman–Crippen LogP) is 2.38. The fraction of sp³-hybridized carbons (Fsp3) is 0. The average molecular weight is 467 g/mol. The van der Waals surface area contributed by atoms with Crippen molar-refractivity contribution in [2.45, 2.75) is 9.79 Å². The van der Waals surface area contributed by atoms with Gasteiger partial charge >= 0.3 is 0 Å². The number of benzene rings is 3. The van der Waals surface area contributed by atoms with Crippen LogP contribution in [0, 0.1) is 10.1 Å². The van der Waals surface area contributed by atoms with Crippen molar-refractivity contribution < 1.29 is 41.1 Å². The van der Waals surface area contributed by atoms with E-state index in [1.165, 1.54) is 0 Å². The van der Waals surface area contributed by atoms with Crippen LogP contribution in [0.4, 0.5) is 17.1 Å². The van der Waals surface area contributed by atoms with E-state index in [2.05, 4.69) is 10.2 Å². The van der Waals surface area contributed by atoms with E-state index in [0.29, 0.717) is 18.2 Å². The molecule has 13 nitrogen and oxygen atoms in total. The molecule has 0 unspecified atom stereocenters. The van der Waals surface area contributed by atoms with Crippen molar-refractivity contribution in [1.82, 2.24) is 0 Å². The van der Waals surface area contributed by atoms with Gasteiger partial charge in [-0.3, -0.25) is 10.1 Å². The Kier molecular flexibility index (Phi) is 5.36. The zero-order valence-electron chi connectivity index (χ0n) is 14.9. The van der Waals surface area contributed by atoms with Gasteiger partial charge in [0.25, 0.3) is 5.69 Å². The van der Waals surface area contributed by atoms with E-state index in [-0.39, 0.29) is 11.4 Å². The summed E-state index contributed by atoms with van der Waals surface area (Å²) in [5, 5.41) is 37.4. The van der Waals surface area contributed by atoms with Gasteiger partial charge in [0.2, 0.25) is 0 Å². The third kappa shape index (κ3) is 4.43. The van der Waals surface area contributed by atoms with Crippen LogP contribution >= 0.6 is 0 Å². The van der Waals surface area contributed by atoms with E-state index in [1.807, 2.05) is 0 Å². The van der Waals surface area contributed by atoms with Crippen molar-refractivity contribution in [3.8, 4) is 11.5 Å². The van der Waals surface area contributed by atoms with Gasteiger partial charge in [0.05, 0.1) is 25.8 Å². The van der Waals surface area contributed by atoms with Crippen molar-refractivity contribution in [1.29, 1.82) is 0 Å². The lowest BCUT2D eigenvalue weighted by molar-refractivity contribution is -0.384. The number of fused-ring (bicyclic) bond motifs is 1. The number of nitro benzene ring substituents is 1. The highest BCUT2D eigenvalue weighted by Crippen LogP contribution is 2.45. The average Bonchev–Trinajstić information content (AvgIpc) is 2.65. The van der Waals surface area contributed by atoms with Crippen LogP contribution in [-0.2, 0) is 20.2 Å². The quantitative estimate of drug-likeness (QED) is 0.241. The van der Waals surface area contributed by atoms with Crippen LogP contribution in [0.3, 0.4) is 0 Å². The highest BCUT2D eigenvalue weighted by Gasteiger charge is 2.21. The summed E-state index contributed by atoms with van der Waals surface area (Å²) in [5.41, 5.74) is -1.13. The van der Waals surface area contributed by atoms with Gasteiger partial charge in [0.1, 0.15) is 31.7 Å². The van der Waals surface area contributed by atoms with E-state index >= 15 is 0 Å². The Hall–Kier alpha value is -3.66. The first kappa shape index (κ1) is 22.0. The normalized spacial score (nSPS) is 12.5. The molecule has 0 radical (unpaired) electrons. The lowest BCUT2D eigenvalue weighted by atomic mass is 10.1. The number of aromatic hydroxyl groups is 2. The van der Waals surface area contributed by atoms with Gasteiger partial charge in [-0.15, -0.1) is 5.11 Å². The number of non-ortho nitro benzene ring substituents is 1. The molecule has 0 saturated heterocycles. The van der Waals surface area contributed by atoms with Crippen molar-refractivity contribution in [2.24, 2.45) is 10.2 Å². The van der Waals surface area contributed by atoms with Gasteiger partial charge in [-0.1, -0.05) is 0 Å². The lowest BCUT2D eigenvalue weighted by Gasteiger charge is -2.15. The van der Waals surface area contributed by atoms with Gasteiger partial charge in [-0.25, -0.2) is 16.8 Å². The molecule has 0 bridgehead atoms. The Morgan fingerprint density at radius 1 is 0.871 bits per heavy atom. The first-order valence-corrected chi connectivity index (χ1v) is 10.7. The highest BCUT2D eigenvalue weighted by molar-refractivity contribution is 7.86. The number of nitro groups is 1. The summed E-state index contributed by atoms with van der Waals surface area (Å²) in [6, 6.07) is 6.31. The molecule has 0 aliphatic heterocycles. The minimum atomic E-state index is -5.29. The number of azo groups is 1. The molecule has 0 heterocycles. The maximum atomic E-state index is 11.7. The second kappa shape index (κ2) is 7.55. The van der Waals surface area contributed by atoms with Crippen LogP contribution in [0.25, 0.3) is 10.8 Å². The Morgan fingerprint density at radius 3 is 2.00 bits per heavy atom. The predicted molar refractivity (Wildman–Crippen MR) is 100 cm³/mol. The molecule has 0 amide bonds. The molecule has 3 aromatic rings. The molecule has 15 heteroatoms. The van der Waals surface area contributed by atoms with Crippen molar-refractivity contribution in [3.63, 3.8) is 0 Å². The Bertz CT molecular complexity index is 1460. The first-order valence-electron chi connectivity index (χ1n) is 7.89.